The maximum absolute atomic E-state index is 12.5. The van der Waals surface area contributed by atoms with Crippen LogP contribution in [0.15, 0.2) is 66.7 Å². The molecule has 0 unspecified atom stereocenters. The summed E-state index contributed by atoms with van der Waals surface area (Å²) in [5, 5.41) is 18.3. The van der Waals surface area contributed by atoms with Crippen molar-refractivity contribution < 1.29 is 9.72 Å². The lowest BCUT2D eigenvalue weighted by Crippen LogP contribution is -2.49. The molecule has 0 aromatic heterocycles. The Kier molecular flexibility index (Phi) is 5.93. The van der Waals surface area contributed by atoms with Crippen LogP contribution >= 0.6 is 34.8 Å². The smallest absolute Gasteiger partial charge is 0.269 e. The first kappa shape index (κ1) is 20.2. The number of non-ortho nitro benzene ring substituents is 1. The van der Waals surface area contributed by atoms with Crippen LogP contribution in [-0.4, -0.2) is 20.8 Å². The highest BCUT2D eigenvalue weighted by Gasteiger charge is 2.34. The van der Waals surface area contributed by atoms with E-state index in [1.807, 2.05) is 42.5 Å². The third-order valence-corrected chi connectivity index (χ3v) is 4.69. The van der Waals surface area contributed by atoms with Crippen LogP contribution in [0.5, 0.6) is 0 Å². The van der Waals surface area contributed by atoms with Gasteiger partial charge in [0, 0.05) is 28.8 Å². The molecule has 0 heterocycles. The molecule has 1 atom stereocenters. The van der Waals surface area contributed by atoms with Crippen molar-refractivity contribution in [1.82, 2.24) is 5.32 Å². The average Bonchev–Trinajstić information content (AvgIpc) is 2.67. The standard InChI is InChI=1S/C19H14Cl3N3O3/c20-19(21,22)18(23-16-7-3-5-12-4-1-2-6-15(12)16)24-17(26)13-8-10-14(11-9-13)25(27)28/h1-11,18,23H,(H,24,26)/t18-/m1/s1. The summed E-state index contributed by atoms with van der Waals surface area (Å²) in [5.74, 6) is -0.543. The summed E-state index contributed by atoms with van der Waals surface area (Å²) >= 11 is 18.2. The summed E-state index contributed by atoms with van der Waals surface area (Å²) in [6.07, 6.45) is -1.05. The van der Waals surface area contributed by atoms with E-state index < -0.39 is 20.8 Å². The van der Waals surface area contributed by atoms with Crippen molar-refractivity contribution in [3.8, 4) is 0 Å². The second kappa shape index (κ2) is 8.22. The normalized spacial score (nSPS) is 12.4. The van der Waals surface area contributed by atoms with E-state index in [4.69, 9.17) is 34.8 Å². The number of nitrogens with one attached hydrogen (secondary N) is 2. The molecule has 1 amide bonds. The average molecular weight is 439 g/mol. The van der Waals surface area contributed by atoms with Crippen LogP contribution in [-0.2, 0) is 0 Å². The largest absolute Gasteiger partial charge is 0.361 e. The van der Waals surface area contributed by atoms with Gasteiger partial charge < -0.3 is 10.6 Å². The van der Waals surface area contributed by atoms with Crippen molar-refractivity contribution in [3.05, 3.63) is 82.4 Å². The number of fused-ring (bicyclic) bond motifs is 1. The molecule has 2 N–H and O–H groups in total. The molecule has 144 valence electrons. The summed E-state index contributed by atoms with van der Waals surface area (Å²) in [6, 6.07) is 18.4. The van der Waals surface area contributed by atoms with Gasteiger partial charge in [-0.25, -0.2) is 0 Å². The third kappa shape index (κ3) is 4.65. The second-order valence-corrected chi connectivity index (χ2v) is 8.29. The molecule has 3 aromatic carbocycles. The van der Waals surface area contributed by atoms with Crippen molar-refractivity contribution in [2.45, 2.75) is 9.96 Å². The fourth-order valence-corrected chi connectivity index (χ4v) is 2.98. The van der Waals surface area contributed by atoms with Gasteiger partial charge in [-0.2, -0.15) is 0 Å². The first-order chi connectivity index (χ1) is 13.3. The SMILES string of the molecule is O=C(N[C@@H](Nc1cccc2ccccc12)C(Cl)(Cl)Cl)c1ccc([N+](=O)[O-])cc1. The monoisotopic (exact) mass is 437 g/mol. The number of nitrogens with zero attached hydrogens (tertiary/aromatic N) is 1. The minimum absolute atomic E-state index is 0.122. The maximum atomic E-state index is 12.5. The highest BCUT2D eigenvalue weighted by Crippen LogP contribution is 2.33. The molecular weight excluding hydrogens is 425 g/mol. The highest BCUT2D eigenvalue weighted by molar-refractivity contribution is 6.68. The molecule has 6 nitrogen and oxygen atoms in total. The Morgan fingerprint density at radius 1 is 0.964 bits per heavy atom. The van der Waals surface area contributed by atoms with E-state index in [1.54, 1.807) is 0 Å². The zero-order chi connectivity index (χ0) is 20.3. The van der Waals surface area contributed by atoms with E-state index >= 15 is 0 Å². The molecule has 0 spiro atoms. The van der Waals surface area contributed by atoms with Gasteiger partial charge in [0.25, 0.3) is 11.6 Å². The number of carbonyl (C=O) groups excluding carboxylic acids is 1. The van der Waals surface area contributed by atoms with E-state index in [2.05, 4.69) is 10.6 Å². The lowest BCUT2D eigenvalue weighted by Gasteiger charge is -2.28. The number of nitro groups is 1. The molecule has 3 aromatic rings. The number of hydrogen-bond donors (Lipinski definition) is 2. The predicted octanol–water partition coefficient (Wildman–Crippen LogP) is 5.29. The van der Waals surface area contributed by atoms with Crippen molar-refractivity contribution >= 4 is 62.9 Å². The number of alkyl halides is 3. The number of amides is 1. The van der Waals surface area contributed by atoms with Gasteiger partial charge in [-0.1, -0.05) is 71.2 Å². The van der Waals surface area contributed by atoms with E-state index in [9.17, 15) is 14.9 Å². The number of rotatable bonds is 5. The van der Waals surface area contributed by atoms with E-state index in [-0.39, 0.29) is 11.3 Å². The topological polar surface area (TPSA) is 84.3 Å². The molecule has 0 bridgehead atoms. The number of carbonyl (C=O) groups is 1. The first-order valence-electron chi connectivity index (χ1n) is 8.12. The molecule has 0 radical (unpaired) electrons. The molecule has 0 saturated heterocycles. The summed E-state index contributed by atoms with van der Waals surface area (Å²) in [4.78, 5) is 22.7. The van der Waals surface area contributed by atoms with Crippen LogP contribution in [0.4, 0.5) is 11.4 Å². The van der Waals surface area contributed by atoms with E-state index in [1.165, 1.54) is 24.3 Å². The Hall–Kier alpha value is -2.54. The summed E-state index contributed by atoms with van der Waals surface area (Å²) < 4.78 is -1.85. The van der Waals surface area contributed by atoms with Gasteiger partial charge in [-0.3, -0.25) is 14.9 Å². The quantitative estimate of drug-likeness (QED) is 0.245. The zero-order valence-electron chi connectivity index (χ0n) is 14.2. The number of anilines is 1. The van der Waals surface area contributed by atoms with Gasteiger partial charge in [-0.15, -0.1) is 0 Å². The Labute approximate surface area is 175 Å². The van der Waals surface area contributed by atoms with E-state index in [0.717, 1.165) is 10.8 Å². The van der Waals surface area contributed by atoms with Crippen LogP contribution < -0.4 is 10.6 Å². The summed E-state index contributed by atoms with van der Waals surface area (Å²) in [5.41, 5.74) is 0.756. The fourth-order valence-electron chi connectivity index (χ4n) is 2.66. The van der Waals surface area contributed by atoms with Crippen LogP contribution in [0.25, 0.3) is 10.8 Å². The number of halogens is 3. The van der Waals surface area contributed by atoms with Crippen molar-refractivity contribution in [1.29, 1.82) is 0 Å². The lowest BCUT2D eigenvalue weighted by molar-refractivity contribution is -0.384. The predicted molar refractivity (Wildman–Crippen MR) is 112 cm³/mol. The third-order valence-electron chi connectivity index (χ3n) is 4.03. The Morgan fingerprint density at radius 2 is 1.61 bits per heavy atom. The minimum atomic E-state index is -1.85. The number of hydrogen-bond acceptors (Lipinski definition) is 4. The van der Waals surface area contributed by atoms with Crippen LogP contribution in [0.3, 0.4) is 0 Å². The molecular formula is C19H14Cl3N3O3. The number of benzene rings is 3. The Bertz CT molecular complexity index is 1010. The molecule has 0 fully saturated rings. The van der Waals surface area contributed by atoms with Crippen molar-refractivity contribution in [3.63, 3.8) is 0 Å². The van der Waals surface area contributed by atoms with Gasteiger partial charge in [0.2, 0.25) is 3.79 Å². The van der Waals surface area contributed by atoms with Crippen LogP contribution in [0, 0.1) is 10.1 Å². The minimum Gasteiger partial charge on any atom is -0.361 e. The van der Waals surface area contributed by atoms with E-state index in [0.29, 0.717) is 5.69 Å². The van der Waals surface area contributed by atoms with Crippen molar-refractivity contribution in [2.75, 3.05) is 5.32 Å². The molecule has 0 saturated carbocycles. The fraction of sp³-hybridized carbons (Fsp3) is 0.105. The molecule has 3 rings (SSSR count). The van der Waals surface area contributed by atoms with Gasteiger partial charge in [0.1, 0.15) is 6.17 Å². The Balaban J connectivity index is 1.84. The summed E-state index contributed by atoms with van der Waals surface area (Å²) in [7, 11) is 0. The molecule has 0 aliphatic carbocycles. The zero-order valence-corrected chi connectivity index (χ0v) is 16.5. The highest BCUT2D eigenvalue weighted by atomic mass is 35.6. The van der Waals surface area contributed by atoms with Crippen LogP contribution in [0.2, 0.25) is 0 Å². The van der Waals surface area contributed by atoms with Crippen LogP contribution in [0.1, 0.15) is 10.4 Å². The Morgan fingerprint density at radius 3 is 2.25 bits per heavy atom. The van der Waals surface area contributed by atoms with Gasteiger partial charge in [0.05, 0.1) is 4.92 Å². The molecule has 9 heteroatoms. The second-order valence-electron chi connectivity index (χ2n) is 5.92. The first-order valence-corrected chi connectivity index (χ1v) is 9.25. The molecule has 28 heavy (non-hydrogen) atoms. The number of nitro benzene ring substituents is 1. The van der Waals surface area contributed by atoms with Gasteiger partial charge in [0.15, 0.2) is 0 Å². The lowest BCUT2D eigenvalue weighted by atomic mass is 10.1. The van der Waals surface area contributed by atoms with Gasteiger partial charge in [-0.05, 0) is 23.6 Å². The van der Waals surface area contributed by atoms with Gasteiger partial charge >= 0.3 is 0 Å². The summed E-state index contributed by atoms with van der Waals surface area (Å²) in [6.45, 7) is 0. The molecule has 0 aliphatic heterocycles. The molecule has 0 aliphatic rings. The maximum Gasteiger partial charge on any atom is 0.269 e. The van der Waals surface area contributed by atoms with Crippen molar-refractivity contribution in [2.24, 2.45) is 0 Å².